The van der Waals surface area contributed by atoms with E-state index in [1.54, 1.807) is 76.2 Å². The van der Waals surface area contributed by atoms with Crippen molar-refractivity contribution >= 4 is 88.5 Å². The van der Waals surface area contributed by atoms with Crippen molar-refractivity contribution in [3.05, 3.63) is 247 Å². The van der Waals surface area contributed by atoms with Gasteiger partial charge in [-0.1, -0.05) is 122 Å². The summed E-state index contributed by atoms with van der Waals surface area (Å²) in [5.41, 5.74) is 14.2. The Morgan fingerprint density at radius 2 is 1.06 bits per heavy atom. The molecule has 1 atom stereocenters. The summed E-state index contributed by atoms with van der Waals surface area (Å²) in [5.74, 6) is -1.03. The monoisotopic (exact) mass is 1210 g/mol. The number of rotatable bonds is 22. The van der Waals surface area contributed by atoms with E-state index in [0.29, 0.717) is 66.1 Å². The Morgan fingerprint density at radius 3 is 1.61 bits per heavy atom. The van der Waals surface area contributed by atoms with Gasteiger partial charge in [-0.3, -0.25) is 18.7 Å². The fraction of sp³-hybridized carbons (Fsp3) is 0.233. The number of fused-ring (bicyclic) bond motifs is 3. The molecule has 1 unspecified atom stereocenters. The maximum absolute atomic E-state index is 14.7. The molecule has 0 bridgehead atoms. The minimum atomic E-state index is -4.81. The quantitative estimate of drug-likeness (QED) is 0.0319. The van der Waals surface area contributed by atoms with Gasteiger partial charge in [0, 0.05) is 83.6 Å². The molecule has 0 saturated heterocycles. The molecule has 88 heavy (non-hydrogen) atoms. The topological polar surface area (TPSA) is 185 Å². The van der Waals surface area contributed by atoms with E-state index < -0.39 is 31.8 Å². The first-order valence-electron chi connectivity index (χ1n) is 29.8. The Balaban J connectivity index is 0.941. The number of aryl methyl sites for hydroxylation is 5. The lowest BCUT2D eigenvalue weighted by atomic mass is 9.80. The van der Waals surface area contributed by atoms with E-state index in [4.69, 9.17) is 0 Å². The number of nitrogens with zero attached hydrogens (tertiary/aromatic N) is 2. The molecule has 0 fully saturated rings. The lowest BCUT2D eigenvalue weighted by Gasteiger charge is -2.28. The van der Waals surface area contributed by atoms with Crippen LogP contribution in [0.15, 0.2) is 168 Å². The molecule has 13 nitrogen and oxygen atoms in total. The Bertz CT molecular complexity index is 4460. The average molecular weight is 1210 g/mol. The standard InChI is InChI=1S/C73H75N5O8S2/c1-11-50-25-27-51(28-26-50)43-74-62-36-35-59(57-21-15-16-22-58(57)62)65(52-29-31-54(32-30-52)77(12-2)13-3)56-34-33-55(42-44(56)5)78(14-4)39-19-20-53-41-46(7)69(49(10)73(53)88(84,85)86)76-64-38-37-63(66-67(64)71(80)61-24-18-17-23-60(61)70(66)79)75-68-45(6)40-47(8)72(48(68)9)87(81,82)83/h11,15-18,21-38,40-42,65,74-76H,1,12-14,19-20,39,43H2,2-10H3,(H,81,82,83)(H,84,85,86). The molecule has 0 aromatic heterocycles. The third-order valence-corrected chi connectivity index (χ3v) is 19.5. The van der Waals surface area contributed by atoms with Gasteiger partial charge in [-0.25, -0.2) is 0 Å². The first-order chi connectivity index (χ1) is 42.1. The van der Waals surface area contributed by atoms with Crippen LogP contribution in [0, 0.1) is 41.5 Å². The molecule has 0 saturated carbocycles. The summed E-state index contributed by atoms with van der Waals surface area (Å²) in [6.45, 7) is 24.6. The molecule has 1 aliphatic rings. The first kappa shape index (κ1) is 62.2. The number of carbonyl (C=O) groups excluding carboxylic acids is 2. The fourth-order valence-corrected chi connectivity index (χ4v) is 15.0. The van der Waals surface area contributed by atoms with Crippen molar-refractivity contribution in [2.45, 2.75) is 97.4 Å². The van der Waals surface area contributed by atoms with Gasteiger partial charge in [-0.2, -0.15) is 16.8 Å². The van der Waals surface area contributed by atoms with Gasteiger partial charge in [0.1, 0.15) is 9.79 Å². The van der Waals surface area contributed by atoms with Crippen LogP contribution in [0.1, 0.15) is 132 Å². The maximum Gasteiger partial charge on any atom is 0.295 e. The van der Waals surface area contributed by atoms with Crippen molar-refractivity contribution in [3.63, 3.8) is 0 Å². The minimum Gasteiger partial charge on any atom is -0.380 e. The summed E-state index contributed by atoms with van der Waals surface area (Å²) in [7, 11) is -9.45. The zero-order chi connectivity index (χ0) is 62.9. The van der Waals surface area contributed by atoms with Crippen LogP contribution in [-0.2, 0) is 33.2 Å². The second kappa shape index (κ2) is 25.5. The molecule has 1 aliphatic carbocycles. The molecule has 0 aliphatic heterocycles. The molecular formula is C73H75N5O8S2. The highest BCUT2D eigenvalue weighted by molar-refractivity contribution is 7.86. The van der Waals surface area contributed by atoms with E-state index in [9.17, 15) is 35.5 Å². The predicted octanol–water partition coefficient (Wildman–Crippen LogP) is 16.2. The van der Waals surface area contributed by atoms with Gasteiger partial charge in [0.05, 0.1) is 22.5 Å². The Kier molecular flexibility index (Phi) is 18.0. The highest BCUT2D eigenvalue weighted by atomic mass is 32.2. The smallest absolute Gasteiger partial charge is 0.295 e. The molecule has 0 radical (unpaired) electrons. The molecule has 0 heterocycles. The number of hydrogen-bond acceptors (Lipinski definition) is 11. The second-order valence-electron chi connectivity index (χ2n) is 22.8. The van der Waals surface area contributed by atoms with E-state index in [-0.39, 0.29) is 60.5 Å². The molecule has 5 N–H and O–H groups in total. The lowest BCUT2D eigenvalue weighted by molar-refractivity contribution is 0.0980. The number of nitrogens with one attached hydrogen (secondary N) is 3. The zero-order valence-corrected chi connectivity index (χ0v) is 52.9. The van der Waals surface area contributed by atoms with Crippen molar-refractivity contribution in [1.29, 1.82) is 0 Å². The van der Waals surface area contributed by atoms with E-state index in [1.165, 1.54) is 27.9 Å². The number of anilines is 7. The van der Waals surface area contributed by atoms with E-state index in [2.05, 4.69) is 163 Å². The fourth-order valence-electron chi connectivity index (χ4n) is 13.0. The minimum absolute atomic E-state index is 0.0171. The van der Waals surface area contributed by atoms with E-state index in [1.807, 2.05) is 13.0 Å². The molecule has 9 aromatic rings. The normalized spacial score (nSPS) is 12.6. The molecule has 0 amide bonds. The molecule has 452 valence electrons. The summed E-state index contributed by atoms with van der Waals surface area (Å²) in [5, 5.41) is 12.6. The van der Waals surface area contributed by atoms with Gasteiger partial charge in [-0.15, -0.1) is 0 Å². The number of carbonyl (C=O) groups is 2. The van der Waals surface area contributed by atoms with Crippen molar-refractivity contribution in [3.8, 4) is 0 Å². The Labute approximate surface area is 517 Å². The molecular weight excluding hydrogens is 1140 g/mol. The Morgan fingerprint density at radius 1 is 0.534 bits per heavy atom. The van der Waals surface area contributed by atoms with Gasteiger partial charge in [0.2, 0.25) is 0 Å². The van der Waals surface area contributed by atoms with E-state index in [0.717, 1.165) is 46.4 Å². The first-order valence-corrected chi connectivity index (χ1v) is 32.7. The third kappa shape index (κ3) is 12.2. The van der Waals surface area contributed by atoms with Gasteiger partial charge < -0.3 is 25.8 Å². The number of benzene rings is 9. The van der Waals surface area contributed by atoms with Crippen molar-refractivity contribution in [1.82, 2.24) is 0 Å². The van der Waals surface area contributed by atoms with Gasteiger partial charge in [0.15, 0.2) is 11.6 Å². The van der Waals surface area contributed by atoms with Crippen LogP contribution in [0.3, 0.4) is 0 Å². The van der Waals surface area contributed by atoms with Crippen LogP contribution in [-0.4, -0.2) is 63.7 Å². The second-order valence-corrected chi connectivity index (χ2v) is 25.5. The van der Waals surface area contributed by atoms with Crippen molar-refractivity contribution in [2.75, 3.05) is 51.9 Å². The third-order valence-electron chi connectivity index (χ3n) is 17.3. The predicted molar refractivity (Wildman–Crippen MR) is 359 cm³/mol. The van der Waals surface area contributed by atoms with E-state index >= 15 is 0 Å². The zero-order valence-electron chi connectivity index (χ0n) is 51.3. The number of ketones is 2. The lowest BCUT2D eigenvalue weighted by Crippen LogP contribution is -2.25. The molecule has 0 spiro atoms. The van der Waals surface area contributed by atoms with Crippen LogP contribution in [0.25, 0.3) is 16.8 Å². The SMILES string of the molecule is C=Cc1ccc(CNc2ccc(C(c3ccc(N(CC)CC)cc3)c3ccc(N(CC)CCCc4cc(C)c(Nc5ccc(Nc6c(C)cc(C)c(S(=O)(=O)O)c6C)c6c5C(=O)c5ccccc5C6=O)c(C)c4S(=O)(=O)O)cc3C)c3ccccc23)cc1. The summed E-state index contributed by atoms with van der Waals surface area (Å²) >= 11 is 0. The van der Waals surface area contributed by atoms with Crippen LogP contribution >= 0.6 is 0 Å². The van der Waals surface area contributed by atoms with Crippen LogP contribution < -0.4 is 25.8 Å². The van der Waals surface area contributed by atoms with Crippen molar-refractivity contribution in [2.24, 2.45) is 0 Å². The molecule has 15 heteroatoms. The Hall–Kier alpha value is -8.86. The summed E-state index contributed by atoms with van der Waals surface area (Å²) in [4.78, 5) is 33.4. The van der Waals surface area contributed by atoms with Crippen LogP contribution in [0.2, 0.25) is 0 Å². The molecule has 9 aromatic carbocycles. The van der Waals surface area contributed by atoms with Crippen LogP contribution in [0.4, 0.5) is 39.8 Å². The average Bonchev–Trinajstić information content (AvgIpc) is 1.05. The van der Waals surface area contributed by atoms with Gasteiger partial charge in [-0.05, 0) is 190 Å². The van der Waals surface area contributed by atoms with Gasteiger partial charge in [0.25, 0.3) is 20.2 Å². The summed E-state index contributed by atoms with van der Waals surface area (Å²) < 4.78 is 73.4. The van der Waals surface area contributed by atoms with Crippen molar-refractivity contribution < 1.29 is 35.5 Å². The van der Waals surface area contributed by atoms with Crippen LogP contribution in [0.5, 0.6) is 0 Å². The number of hydrogen-bond donors (Lipinski definition) is 5. The van der Waals surface area contributed by atoms with Gasteiger partial charge >= 0.3 is 0 Å². The highest BCUT2D eigenvalue weighted by Gasteiger charge is 2.36. The summed E-state index contributed by atoms with van der Waals surface area (Å²) in [6.07, 6.45) is 2.70. The maximum atomic E-state index is 14.7. The summed E-state index contributed by atoms with van der Waals surface area (Å²) in [6, 6.07) is 50.2. The largest absolute Gasteiger partial charge is 0.380 e. The molecule has 10 rings (SSSR count). The highest BCUT2D eigenvalue weighted by Crippen LogP contribution is 2.44.